The zero-order valence-electron chi connectivity index (χ0n) is 9.65. The zero-order valence-corrected chi connectivity index (χ0v) is 12.0. The van der Waals surface area contributed by atoms with Crippen LogP contribution < -0.4 is 10.5 Å². The quantitative estimate of drug-likeness (QED) is 0.870. The molecule has 0 fully saturated rings. The van der Waals surface area contributed by atoms with Crippen LogP contribution in [0.3, 0.4) is 0 Å². The number of halogens is 2. The summed E-state index contributed by atoms with van der Waals surface area (Å²) in [4.78, 5) is 8.07. The van der Waals surface area contributed by atoms with Gasteiger partial charge in [0.15, 0.2) is 0 Å². The molecule has 94 valence electrons. The fourth-order valence-corrected chi connectivity index (χ4v) is 2.09. The van der Waals surface area contributed by atoms with Crippen molar-refractivity contribution >= 4 is 33.3 Å². The van der Waals surface area contributed by atoms with Gasteiger partial charge in [-0.1, -0.05) is 18.5 Å². The van der Waals surface area contributed by atoms with E-state index in [-0.39, 0.29) is 6.01 Å². The molecule has 0 unspecified atom stereocenters. The molecule has 0 aliphatic carbocycles. The van der Waals surface area contributed by atoms with E-state index in [4.69, 9.17) is 22.1 Å². The molecule has 0 saturated carbocycles. The molecule has 1 aromatic carbocycles. The van der Waals surface area contributed by atoms with Gasteiger partial charge in [0.25, 0.3) is 0 Å². The first-order valence-electron chi connectivity index (χ1n) is 5.35. The molecule has 18 heavy (non-hydrogen) atoms. The lowest BCUT2D eigenvalue weighted by Gasteiger charge is -2.07. The van der Waals surface area contributed by atoms with Crippen LogP contribution in [-0.2, 0) is 6.42 Å². The fraction of sp³-hybridized carbons (Fsp3) is 0.167. The van der Waals surface area contributed by atoms with Gasteiger partial charge in [0.2, 0.25) is 0 Å². The van der Waals surface area contributed by atoms with Gasteiger partial charge in [-0.05, 0) is 46.1 Å². The van der Waals surface area contributed by atoms with Crippen molar-refractivity contribution in [3.8, 4) is 11.8 Å². The first-order chi connectivity index (χ1) is 8.58. The minimum absolute atomic E-state index is 0.200. The summed E-state index contributed by atoms with van der Waals surface area (Å²) in [6, 6.07) is 7.22. The average Bonchev–Trinajstić information content (AvgIpc) is 2.30. The van der Waals surface area contributed by atoms with Gasteiger partial charge in [-0.15, -0.1) is 0 Å². The molecule has 2 rings (SSSR count). The van der Waals surface area contributed by atoms with Gasteiger partial charge in [0.05, 0.1) is 0 Å². The van der Waals surface area contributed by atoms with E-state index < -0.39 is 0 Å². The number of hydrogen-bond acceptors (Lipinski definition) is 4. The lowest BCUT2D eigenvalue weighted by atomic mass is 10.1. The van der Waals surface area contributed by atoms with E-state index in [0.29, 0.717) is 16.2 Å². The predicted molar refractivity (Wildman–Crippen MR) is 75.0 cm³/mol. The number of ether oxygens (including phenoxy) is 1. The lowest BCUT2D eigenvalue weighted by molar-refractivity contribution is 0.441. The smallest absolute Gasteiger partial charge is 0.325 e. The Labute approximate surface area is 118 Å². The number of nitrogen functional groups attached to an aromatic ring is 1. The van der Waals surface area contributed by atoms with E-state index >= 15 is 0 Å². The molecule has 0 aliphatic rings. The first-order valence-corrected chi connectivity index (χ1v) is 6.52. The van der Waals surface area contributed by atoms with Crippen molar-refractivity contribution in [3.63, 3.8) is 0 Å². The predicted octanol–water partition coefficient (Wildman–Crippen LogP) is 3.83. The number of benzene rings is 1. The summed E-state index contributed by atoms with van der Waals surface area (Å²) in [5, 5.41) is 0.722. The lowest BCUT2D eigenvalue weighted by Crippen LogP contribution is -1.97. The van der Waals surface area contributed by atoms with Crippen LogP contribution in [0.2, 0.25) is 5.02 Å². The van der Waals surface area contributed by atoms with E-state index in [1.165, 1.54) is 0 Å². The maximum atomic E-state index is 6.04. The molecule has 6 heteroatoms. The highest BCUT2D eigenvalue weighted by atomic mass is 79.9. The number of nitrogens with zero attached hydrogens (tertiary/aromatic N) is 2. The largest absolute Gasteiger partial charge is 0.424 e. The van der Waals surface area contributed by atoms with Crippen molar-refractivity contribution in [3.05, 3.63) is 39.5 Å². The van der Waals surface area contributed by atoms with Crippen LogP contribution in [0.4, 0.5) is 5.82 Å². The Hall–Kier alpha value is -1.33. The van der Waals surface area contributed by atoms with Crippen LogP contribution in [0.15, 0.2) is 28.9 Å². The maximum Gasteiger partial charge on any atom is 0.325 e. The summed E-state index contributed by atoms with van der Waals surface area (Å²) < 4.78 is 6.13. The van der Waals surface area contributed by atoms with Crippen molar-refractivity contribution in [1.82, 2.24) is 9.97 Å². The SMILES string of the molecule is CCc1cc(Oc2nc(N)cc(Br)n2)ccc1Cl. The molecular formula is C12H11BrClN3O. The zero-order chi connectivity index (χ0) is 13.1. The number of rotatable bonds is 3. The van der Waals surface area contributed by atoms with Gasteiger partial charge in [-0.2, -0.15) is 9.97 Å². The Kier molecular flexibility index (Phi) is 4.04. The van der Waals surface area contributed by atoms with E-state index in [1.54, 1.807) is 18.2 Å². The van der Waals surface area contributed by atoms with Gasteiger partial charge in [-0.3, -0.25) is 0 Å². The third-order valence-corrected chi connectivity index (χ3v) is 3.08. The molecule has 1 heterocycles. The number of hydrogen-bond donors (Lipinski definition) is 1. The minimum atomic E-state index is 0.200. The molecule has 0 saturated heterocycles. The van der Waals surface area contributed by atoms with Crippen molar-refractivity contribution in [2.45, 2.75) is 13.3 Å². The normalized spacial score (nSPS) is 10.4. The molecule has 0 atom stereocenters. The number of nitrogens with two attached hydrogens (primary N) is 1. The molecule has 0 aliphatic heterocycles. The Morgan fingerprint density at radius 2 is 2.11 bits per heavy atom. The van der Waals surface area contributed by atoms with Crippen molar-refractivity contribution in [1.29, 1.82) is 0 Å². The number of aryl methyl sites for hydroxylation is 1. The number of aromatic nitrogens is 2. The van der Waals surface area contributed by atoms with Crippen LogP contribution in [0.25, 0.3) is 0 Å². The van der Waals surface area contributed by atoms with Gasteiger partial charge in [0, 0.05) is 11.1 Å². The van der Waals surface area contributed by atoms with Gasteiger partial charge in [0.1, 0.15) is 16.2 Å². The molecule has 0 bridgehead atoms. The second kappa shape index (κ2) is 5.54. The summed E-state index contributed by atoms with van der Waals surface area (Å²) in [6.07, 6.45) is 0.831. The molecule has 0 radical (unpaired) electrons. The van der Waals surface area contributed by atoms with Gasteiger partial charge < -0.3 is 10.5 Å². The van der Waals surface area contributed by atoms with Gasteiger partial charge >= 0.3 is 6.01 Å². The second-order valence-electron chi connectivity index (χ2n) is 3.61. The highest BCUT2D eigenvalue weighted by molar-refractivity contribution is 9.10. The van der Waals surface area contributed by atoms with Crippen LogP contribution in [0.5, 0.6) is 11.8 Å². The Morgan fingerprint density at radius 1 is 1.33 bits per heavy atom. The number of anilines is 1. The maximum absolute atomic E-state index is 6.04. The molecule has 2 N–H and O–H groups in total. The molecular weight excluding hydrogens is 318 g/mol. The summed E-state index contributed by atoms with van der Waals surface area (Å²) in [7, 11) is 0. The van der Waals surface area contributed by atoms with Gasteiger partial charge in [-0.25, -0.2) is 0 Å². The van der Waals surface area contributed by atoms with Crippen LogP contribution >= 0.6 is 27.5 Å². The molecule has 2 aromatic rings. The van der Waals surface area contributed by atoms with Crippen molar-refractivity contribution in [2.75, 3.05) is 5.73 Å². The highest BCUT2D eigenvalue weighted by Gasteiger charge is 2.06. The first kappa shape index (κ1) is 13.1. The Morgan fingerprint density at radius 3 is 2.78 bits per heavy atom. The Bertz CT molecular complexity index is 557. The summed E-state index contributed by atoms with van der Waals surface area (Å²) in [5.41, 5.74) is 6.62. The molecule has 1 aromatic heterocycles. The van der Waals surface area contributed by atoms with Crippen molar-refractivity contribution in [2.24, 2.45) is 0 Å². The van der Waals surface area contributed by atoms with E-state index in [0.717, 1.165) is 17.0 Å². The van der Waals surface area contributed by atoms with E-state index in [2.05, 4.69) is 25.9 Å². The second-order valence-corrected chi connectivity index (χ2v) is 4.83. The minimum Gasteiger partial charge on any atom is -0.424 e. The fourth-order valence-electron chi connectivity index (χ4n) is 1.45. The Balaban J connectivity index is 2.28. The topological polar surface area (TPSA) is 61.0 Å². The standard InChI is InChI=1S/C12H11BrClN3O/c1-2-7-5-8(3-4-9(7)14)18-12-16-10(13)6-11(15)17-12/h3-6H,2H2,1H3,(H2,15,16,17). The van der Waals surface area contributed by atoms with Crippen LogP contribution in [0, 0.1) is 0 Å². The third-order valence-electron chi connectivity index (χ3n) is 2.30. The van der Waals surface area contributed by atoms with Crippen LogP contribution in [0.1, 0.15) is 12.5 Å². The summed E-state index contributed by atoms with van der Waals surface area (Å²) in [6.45, 7) is 2.03. The third kappa shape index (κ3) is 3.11. The van der Waals surface area contributed by atoms with Crippen molar-refractivity contribution < 1.29 is 4.74 Å². The summed E-state index contributed by atoms with van der Waals surface area (Å²) in [5.74, 6) is 0.977. The molecule has 4 nitrogen and oxygen atoms in total. The molecule has 0 spiro atoms. The average molecular weight is 329 g/mol. The van der Waals surface area contributed by atoms with E-state index in [1.807, 2.05) is 13.0 Å². The monoisotopic (exact) mass is 327 g/mol. The highest BCUT2D eigenvalue weighted by Crippen LogP contribution is 2.26. The van der Waals surface area contributed by atoms with Crippen LogP contribution in [-0.4, -0.2) is 9.97 Å². The van der Waals surface area contributed by atoms with E-state index in [9.17, 15) is 0 Å². The molecule has 0 amide bonds. The summed E-state index contributed by atoms with van der Waals surface area (Å²) >= 11 is 9.27.